The summed E-state index contributed by atoms with van der Waals surface area (Å²) in [6.07, 6.45) is 0. The SMILES string of the molecule is Nc1cc(NC(=O)c2ccc(O)c(Cl)c2)ccc1F. The first-order valence-electron chi connectivity index (χ1n) is 5.32. The van der Waals surface area contributed by atoms with Crippen molar-refractivity contribution in [1.29, 1.82) is 0 Å². The average Bonchev–Trinajstić information content (AvgIpc) is 2.37. The lowest BCUT2D eigenvalue weighted by atomic mass is 10.2. The Balaban J connectivity index is 2.20. The Labute approximate surface area is 113 Å². The molecule has 0 saturated heterocycles. The molecule has 0 heterocycles. The molecule has 1 amide bonds. The molecule has 6 heteroatoms. The number of amides is 1. The summed E-state index contributed by atoms with van der Waals surface area (Å²) in [5.41, 5.74) is 5.98. The number of carbonyl (C=O) groups excluding carboxylic acids is 1. The minimum atomic E-state index is -0.550. The molecule has 4 N–H and O–H groups in total. The second-order valence-electron chi connectivity index (χ2n) is 3.86. The van der Waals surface area contributed by atoms with E-state index in [4.69, 9.17) is 17.3 Å². The van der Waals surface area contributed by atoms with Crippen LogP contribution in [-0.4, -0.2) is 11.0 Å². The summed E-state index contributed by atoms with van der Waals surface area (Å²) >= 11 is 5.71. The zero-order chi connectivity index (χ0) is 14.0. The van der Waals surface area contributed by atoms with Crippen molar-refractivity contribution in [1.82, 2.24) is 0 Å². The highest BCUT2D eigenvalue weighted by Crippen LogP contribution is 2.24. The molecule has 2 aromatic carbocycles. The maximum atomic E-state index is 13.0. The first-order chi connectivity index (χ1) is 8.97. The maximum Gasteiger partial charge on any atom is 0.255 e. The van der Waals surface area contributed by atoms with Gasteiger partial charge in [-0.15, -0.1) is 0 Å². The molecule has 0 aliphatic carbocycles. The molecule has 0 aliphatic rings. The number of nitrogen functional groups attached to an aromatic ring is 1. The van der Waals surface area contributed by atoms with E-state index in [2.05, 4.69) is 5.32 Å². The van der Waals surface area contributed by atoms with Gasteiger partial charge in [-0.25, -0.2) is 4.39 Å². The van der Waals surface area contributed by atoms with Crippen LogP contribution in [0.5, 0.6) is 5.75 Å². The third kappa shape index (κ3) is 2.95. The number of anilines is 2. The number of carbonyl (C=O) groups is 1. The fourth-order valence-corrected chi connectivity index (χ4v) is 1.65. The molecule has 0 bridgehead atoms. The molecule has 0 unspecified atom stereocenters. The van der Waals surface area contributed by atoms with E-state index in [0.29, 0.717) is 5.69 Å². The maximum absolute atomic E-state index is 13.0. The number of phenolic OH excluding ortho intramolecular Hbond substituents is 1. The van der Waals surface area contributed by atoms with Gasteiger partial charge in [-0.05, 0) is 36.4 Å². The van der Waals surface area contributed by atoms with Crippen molar-refractivity contribution in [3.8, 4) is 5.75 Å². The lowest BCUT2D eigenvalue weighted by Crippen LogP contribution is -2.12. The molecule has 19 heavy (non-hydrogen) atoms. The second kappa shape index (κ2) is 5.16. The summed E-state index contributed by atoms with van der Waals surface area (Å²) in [7, 11) is 0. The number of nitrogens with two attached hydrogens (primary N) is 1. The van der Waals surface area contributed by atoms with Gasteiger partial charge in [-0.1, -0.05) is 11.6 Å². The smallest absolute Gasteiger partial charge is 0.255 e. The number of benzene rings is 2. The predicted molar refractivity (Wildman–Crippen MR) is 71.9 cm³/mol. The van der Waals surface area contributed by atoms with Gasteiger partial charge in [0.05, 0.1) is 10.7 Å². The Bertz CT molecular complexity index is 647. The highest BCUT2D eigenvalue weighted by atomic mass is 35.5. The molecule has 0 saturated carbocycles. The number of hydrogen-bond donors (Lipinski definition) is 3. The van der Waals surface area contributed by atoms with Crippen molar-refractivity contribution < 1.29 is 14.3 Å². The van der Waals surface area contributed by atoms with Crippen LogP contribution in [0.3, 0.4) is 0 Å². The van der Waals surface area contributed by atoms with Crippen LogP contribution in [0, 0.1) is 5.82 Å². The van der Waals surface area contributed by atoms with E-state index in [-0.39, 0.29) is 22.0 Å². The Morgan fingerprint density at radius 1 is 1.26 bits per heavy atom. The number of nitrogens with one attached hydrogen (secondary N) is 1. The normalized spacial score (nSPS) is 10.2. The summed E-state index contributed by atoms with van der Waals surface area (Å²) < 4.78 is 13.0. The van der Waals surface area contributed by atoms with E-state index in [1.54, 1.807) is 0 Å². The van der Waals surface area contributed by atoms with Crippen LogP contribution < -0.4 is 11.1 Å². The molecular weight excluding hydrogens is 271 g/mol. The molecule has 0 aromatic heterocycles. The number of phenols is 1. The van der Waals surface area contributed by atoms with E-state index in [9.17, 15) is 14.3 Å². The summed E-state index contributed by atoms with van der Waals surface area (Å²) in [5.74, 6) is -1.09. The average molecular weight is 281 g/mol. The van der Waals surface area contributed by atoms with Crippen molar-refractivity contribution in [2.24, 2.45) is 0 Å². The Morgan fingerprint density at radius 2 is 2.00 bits per heavy atom. The van der Waals surface area contributed by atoms with E-state index < -0.39 is 11.7 Å². The van der Waals surface area contributed by atoms with Crippen LogP contribution in [0.4, 0.5) is 15.8 Å². The summed E-state index contributed by atoms with van der Waals surface area (Å²) in [4.78, 5) is 11.9. The Kier molecular flexibility index (Phi) is 3.57. The third-order valence-corrected chi connectivity index (χ3v) is 2.77. The van der Waals surface area contributed by atoms with Gasteiger partial charge >= 0.3 is 0 Å². The van der Waals surface area contributed by atoms with Crippen LogP contribution in [0.15, 0.2) is 36.4 Å². The van der Waals surface area contributed by atoms with E-state index in [1.165, 1.54) is 30.3 Å². The quantitative estimate of drug-likeness (QED) is 0.740. The molecule has 2 rings (SSSR count). The molecule has 0 radical (unpaired) electrons. The highest BCUT2D eigenvalue weighted by molar-refractivity contribution is 6.32. The van der Waals surface area contributed by atoms with E-state index in [0.717, 1.165) is 6.07 Å². The molecule has 4 nitrogen and oxygen atoms in total. The van der Waals surface area contributed by atoms with Gasteiger partial charge in [0.15, 0.2) is 0 Å². The van der Waals surface area contributed by atoms with Crippen molar-refractivity contribution >= 4 is 28.9 Å². The molecule has 98 valence electrons. The zero-order valence-corrected chi connectivity index (χ0v) is 10.4. The fraction of sp³-hybridized carbons (Fsp3) is 0. The van der Waals surface area contributed by atoms with Gasteiger partial charge < -0.3 is 16.2 Å². The number of halogens is 2. The summed E-state index contributed by atoms with van der Waals surface area (Å²) in [6.45, 7) is 0. The molecule has 2 aromatic rings. The fourth-order valence-electron chi connectivity index (χ4n) is 1.47. The first kappa shape index (κ1) is 13.2. The lowest BCUT2D eigenvalue weighted by Gasteiger charge is -2.07. The van der Waals surface area contributed by atoms with Crippen molar-refractivity contribution in [2.75, 3.05) is 11.1 Å². The largest absolute Gasteiger partial charge is 0.506 e. The van der Waals surface area contributed by atoms with Gasteiger partial charge in [0, 0.05) is 11.3 Å². The lowest BCUT2D eigenvalue weighted by molar-refractivity contribution is 0.102. The van der Waals surface area contributed by atoms with Gasteiger partial charge in [0.1, 0.15) is 11.6 Å². The first-order valence-corrected chi connectivity index (χ1v) is 5.70. The molecule has 0 aliphatic heterocycles. The highest BCUT2D eigenvalue weighted by Gasteiger charge is 2.09. The van der Waals surface area contributed by atoms with Gasteiger partial charge in [-0.2, -0.15) is 0 Å². The van der Waals surface area contributed by atoms with E-state index >= 15 is 0 Å². The van der Waals surface area contributed by atoms with Gasteiger partial charge in [-0.3, -0.25) is 4.79 Å². The minimum Gasteiger partial charge on any atom is -0.506 e. The Hall–Kier alpha value is -2.27. The van der Waals surface area contributed by atoms with E-state index in [1.807, 2.05) is 0 Å². The number of hydrogen-bond acceptors (Lipinski definition) is 3. The number of aromatic hydroxyl groups is 1. The minimum absolute atomic E-state index is 0.0541. The topological polar surface area (TPSA) is 75.3 Å². The molecule has 0 fully saturated rings. The monoisotopic (exact) mass is 280 g/mol. The van der Waals surface area contributed by atoms with Crippen LogP contribution in [-0.2, 0) is 0 Å². The van der Waals surface area contributed by atoms with Crippen LogP contribution in [0.2, 0.25) is 5.02 Å². The van der Waals surface area contributed by atoms with Gasteiger partial charge in [0.25, 0.3) is 5.91 Å². The molecule has 0 spiro atoms. The van der Waals surface area contributed by atoms with Crippen LogP contribution in [0.25, 0.3) is 0 Å². The van der Waals surface area contributed by atoms with Gasteiger partial charge in [0.2, 0.25) is 0 Å². The van der Waals surface area contributed by atoms with Crippen LogP contribution in [0.1, 0.15) is 10.4 Å². The summed E-state index contributed by atoms with van der Waals surface area (Å²) in [5, 5.41) is 11.9. The second-order valence-corrected chi connectivity index (χ2v) is 4.26. The summed E-state index contributed by atoms with van der Waals surface area (Å²) in [6, 6.07) is 7.94. The standard InChI is InChI=1S/C13H10ClFN2O2/c14-9-5-7(1-4-12(9)18)13(19)17-8-2-3-10(15)11(16)6-8/h1-6,18H,16H2,(H,17,19). The van der Waals surface area contributed by atoms with Crippen molar-refractivity contribution in [2.45, 2.75) is 0 Å². The number of rotatable bonds is 2. The molecular formula is C13H10ClFN2O2. The van der Waals surface area contributed by atoms with Crippen molar-refractivity contribution in [3.05, 3.63) is 52.8 Å². The molecule has 0 atom stereocenters. The predicted octanol–water partition coefficient (Wildman–Crippen LogP) is 3.02. The Morgan fingerprint density at radius 3 is 2.63 bits per heavy atom. The zero-order valence-electron chi connectivity index (χ0n) is 9.65. The van der Waals surface area contributed by atoms with Crippen LogP contribution >= 0.6 is 11.6 Å². The van der Waals surface area contributed by atoms with Crippen molar-refractivity contribution in [3.63, 3.8) is 0 Å². The third-order valence-electron chi connectivity index (χ3n) is 2.46.